The standard InChI is InChI=1S/C15H21FN2O2/c1-2-20-15(19)14(12-4-6-13(16)7-5-12)18-10-3-8-17-9-11-18/h4-7,14,17H,2-3,8-11H2,1H3. The van der Waals surface area contributed by atoms with Crippen LogP contribution in [-0.2, 0) is 9.53 Å². The molecule has 0 radical (unpaired) electrons. The fourth-order valence-corrected chi connectivity index (χ4v) is 2.49. The highest BCUT2D eigenvalue weighted by atomic mass is 19.1. The third-order valence-electron chi connectivity index (χ3n) is 3.44. The van der Waals surface area contributed by atoms with Crippen LogP contribution in [0.25, 0.3) is 0 Å². The molecular formula is C15H21FN2O2. The third-order valence-corrected chi connectivity index (χ3v) is 3.44. The van der Waals surface area contributed by atoms with Gasteiger partial charge in [-0.05, 0) is 37.6 Å². The van der Waals surface area contributed by atoms with Crippen molar-refractivity contribution >= 4 is 5.97 Å². The van der Waals surface area contributed by atoms with Gasteiger partial charge in [0.05, 0.1) is 6.61 Å². The van der Waals surface area contributed by atoms with Crippen molar-refractivity contribution in [2.45, 2.75) is 19.4 Å². The van der Waals surface area contributed by atoms with E-state index in [2.05, 4.69) is 10.2 Å². The number of carbonyl (C=O) groups excluding carboxylic acids is 1. The highest BCUT2D eigenvalue weighted by molar-refractivity contribution is 5.77. The molecule has 1 aromatic rings. The van der Waals surface area contributed by atoms with Gasteiger partial charge in [0.2, 0.25) is 0 Å². The van der Waals surface area contributed by atoms with E-state index < -0.39 is 6.04 Å². The van der Waals surface area contributed by atoms with Crippen LogP contribution in [0.1, 0.15) is 24.9 Å². The molecule has 0 bridgehead atoms. The number of esters is 1. The van der Waals surface area contributed by atoms with Gasteiger partial charge < -0.3 is 10.1 Å². The van der Waals surface area contributed by atoms with E-state index in [0.717, 1.165) is 38.2 Å². The van der Waals surface area contributed by atoms with Gasteiger partial charge in [-0.1, -0.05) is 12.1 Å². The number of carbonyl (C=O) groups is 1. The summed E-state index contributed by atoms with van der Waals surface area (Å²) in [6.45, 7) is 5.55. The minimum Gasteiger partial charge on any atom is -0.465 e. The summed E-state index contributed by atoms with van der Waals surface area (Å²) >= 11 is 0. The molecule has 1 aliphatic heterocycles. The molecule has 1 unspecified atom stereocenters. The number of benzene rings is 1. The zero-order valence-corrected chi connectivity index (χ0v) is 11.8. The lowest BCUT2D eigenvalue weighted by Crippen LogP contribution is -2.37. The second-order valence-corrected chi connectivity index (χ2v) is 4.85. The number of hydrogen-bond donors (Lipinski definition) is 1. The lowest BCUT2D eigenvalue weighted by atomic mass is 10.0. The van der Waals surface area contributed by atoms with Crippen molar-refractivity contribution in [3.63, 3.8) is 0 Å². The Balaban J connectivity index is 2.23. The normalized spacial score (nSPS) is 18.3. The molecule has 0 aliphatic carbocycles. The first kappa shape index (κ1) is 14.9. The fraction of sp³-hybridized carbons (Fsp3) is 0.533. The van der Waals surface area contributed by atoms with E-state index >= 15 is 0 Å². The molecule has 1 N–H and O–H groups in total. The summed E-state index contributed by atoms with van der Waals surface area (Å²) in [4.78, 5) is 14.4. The zero-order chi connectivity index (χ0) is 14.4. The van der Waals surface area contributed by atoms with Gasteiger partial charge in [-0.25, -0.2) is 9.18 Å². The molecule has 1 fully saturated rings. The molecule has 1 aromatic carbocycles. The van der Waals surface area contributed by atoms with Gasteiger partial charge >= 0.3 is 5.97 Å². The quantitative estimate of drug-likeness (QED) is 0.853. The van der Waals surface area contributed by atoms with Gasteiger partial charge in [0.25, 0.3) is 0 Å². The molecule has 110 valence electrons. The molecule has 0 aromatic heterocycles. The third kappa shape index (κ3) is 3.77. The number of hydrogen-bond acceptors (Lipinski definition) is 4. The minimum atomic E-state index is -0.449. The second-order valence-electron chi connectivity index (χ2n) is 4.85. The molecule has 4 nitrogen and oxygen atoms in total. The van der Waals surface area contributed by atoms with Gasteiger partial charge in [0.1, 0.15) is 11.9 Å². The van der Waals surface area contributed by atoms with Crippen molar-refractivity contribution in [3.8, 4) is 0 Å². The minimum absolute atomic E-state index is 0.263. The average molecular weight is 280 g/mol. The Morgan fingerprint density at radius 1 is 1.35 bits per heavy atom. The van der Waals surface area contributed by atoms with Crippen LogP contribution in [0.5, 0.6) is 0 Å². The Morgan fingerprint density at radius 3 is 2.80 bits per heavy atom. The van der Waals surface area contributed by atoms with Crippen LogP contribution in [0, 0.1) is 5.82 Å². The van der Waals surface area contributed by atoms with Crippen molar-refractivity contribution in [3.05, 3.63) is 35.6 Å². The summed E-state index contributed by atoms with van der Waals surface area (Å²) in [5.41, 5.74) is 0.784. The van der Waals surface area contributed by atoms with Gasteiger partial charge in [-0.2, -0.15) is 0 Å². The lowest BCUT2D eigenvalue weighted by Gasteiger charge is -2.28. The summed E-state index contributed by atoms with van der Waals surface area (Å²) < 4.78 is 18.3. The van der Waals surface area contributed by atoms with Gasteiger partial charge in [0, 0.05) is 19.6 Å². The Kier molecular flexibility index (Phi) is 5.49. The number of ether oxygens (including phenoxy) is 1. The summed E-state index contributed by atoms with van der Waals surface area (Å²) in [6.07, 6.45) is 0.983. The predicted octanol–water partition coefficient (Wildman–Crippen LogP) is 1.73. The first-order valence-electron chi connectivity index (χ1n) is 7.09. The molecule has 0 amide bonds. The summed E-state index contributed by atoms with van der Waals surface area (Å²) in [5, 5.41) is 3.31. The zero-order valence-electron chi connectivity index (χ0n) is 11.8. The predicted molar refractivity (Wildman–Crippen MR) is 74.8 cm³/mol. The Morgan fingerprint density at radius 2 is 2.10 bits per heavy atom. The molecule has 0 spiro atoms. The Bertz CT molecular complexity index is 428. The molecule has 2 rings (SSSR count). The molecule has 1 saturated heterocycles. The number of nitrogens with zero attached hydrogens (tertiary/aromatic N) is 1. The van der Waals surface area contributed by atoms with E-state index in [4.69, 9.17) is 4.74 Å². The molecule has 20 heavy (non-hydrogen) atoms. The maximum atomic E-state index is 13.1. The summed E-state index contributed by atoms with van der Waals surface area (Å²) in [5.74, 6) is -0.560. The van der Waals surface area contributed by atoms with Gasteiger partial charge in [-0.3, -0.25) is 4.90 Å². The Hall–Kier alpha value is -1.46. The first-order valence-corrected chi connectivity index (χ1v) is 7.09. The van der Waals surface area contributed by atoms with Crippen LogP contribution in [0.2, 0.25) is 0 Å². The largest absolute Gasteiger partial charge is 0.465 e. The summed E-state index contributed by atoms with van der Waals surface area (Å²) in [6, 6.07) is 5.65. The molecule has 1 aliphatic rings. The van der Waals surface area contributed by atoms with E-state index in [0.29, 0.717) is 6.61 Å². The Labute approximate surface area is 118 Å². The maximum Gasteiger partial charge on any atom is 0.328 e. The smallest absolute Gasteiger partial charge is 0.328 e. The van der Waals surface area contributed by atoms with Crippen molar-refractivity contribution in [1.82, 2.24) is 10.2 Å². The summed E-state index contributed by atoms with van der Waals surface area (Å²) in [7, 11) is 0. The molecule has 1 atom stereocenters. The van der Waals surface area contributed by atoms with Crippen molar-refractivity contribution in [2.24, 2.45) is 0 Å². The van der Waals surface area contributed by atoms with E-state index in [1.807, 2.05) is 0 Å². The molecule has 1 heterocycles. The fourth-order valence-electron chi connectivity index (χ4n) is 2.49. The van der Waals surface area contributed by atoms with E-state index in [9.17, 15) is 9.18 Å². The van der Waals surface area contributed by atoms with Crippen LogP contribution in [0.15, 0.2) is 24.3 Å². The lowest BCUT2D eigenvalue weighted by molar-refractivity contribution is -0.149. The van der Waals surface area contributed by atoms with Crippen LogP contribution < -0.4 is 5.32 Å². The van der Waals surface area contributed by atoms with Crippen molar-refractivity contribution < 1.29 is 13.9 Å². The van der Waals surface area contributed by atoms with E-state index in [1.165, 1.54) is 12.1 Å². The van der Waals surface area contributed by atoms with E-state index in [-0.39, 0.29) is 11.8 Å². The highest BCUT2D eigenvalue weighted by Gasteiger charge is 2.29. The van der Waals surface area contributed by atoms with Crippen LogP contribution in [0.3, 0.4) is 0 Å². The second kappa shape index (κ2) is 7.36. The van der Waals surface area contributed by atoms with Crippen LogP contribution >= 0.6 is 0 Å². The van der Waals surface area contributed by atoms with E-state index in [1.54, 1.807) is 19.1 Å². The van der Waals surface area contributed by atoms with Gasteiger partial charge in [0.15, 0.2) is 0 Å². The van der Waals surface area contributed by atoms with Crippen molar-refractivity contribution in [2.75, 3.05) is 32.8 Å². The SMILES string of the molecule is CCOC(=O)C(c1ccc(F)cc1)N1CCCNCC1. The van der Waals surface area contributed by atoms with Gasteiger partial charge in [-0.15, -0.1) is 0 Å². The van der Waals surface area contributed by atoms with Crippen LogP contribution in [-0.4, -0.2) is 43.7 Å². The monoisotopic (exact) mass is 280 g/mol. The highest BCUT2D eigenvalue weighted by Crippen LogP contribution is 2.23. The number of halogens is 1. The average Bonchev–Trinajstić information content (AvgIpc) is 2.71. The maximum absolute atomic E-state index is 13.1. The molecular weight excluding hydrogens is 259 g/mol. The van der Waals surface area contributed by atoms with Crippen LogP contribution in [0.4, 0.5) is 4.39 Å². The van der Waals surface area contributed by atoms with Crippen molar-refractivity contribution in [1.29, 1.82) is 0 Å². The number of nitrogens with one attached hydrogen (secondary N) is 1. The number of rotatable bonds is 4. The first-order chi connectivity index (χ1) is 9.72. The molecule has 0 saturated carbocycles. The molecule has 5 heteroatoms. The topological polar surface area (TPSA) is 41.6 Å².